The monoisotopic (exact) mass is 313 g/mol. The van der Waals surface area contributed by atoms with Crippen molar-refractivity contribution < 1.29 is 4.39 Å². The lowest BCUT2D eigenvalue weighted by Crippen LogP contribution is -2.32. The average Bonchev–Trinajstić information content (AvgIpc) is 2.82. The van der Waals surface area contributed by atoms with E-state index >= 15 is 0 Å². The van der Waals surface area contributed by atoms with Crippen LogP contribution in [0.2, 0.25) is 0 Å². The first kappa shape index (κ1) is 14.0. The quantitative estimate of drug-likeness (QED) is 0.874. The molecule has 1 aromatic rings. The smallest absolute Gasteiger partial charge is 0.140 e. The molecule has 2 N–H and O–H groups in total. The summed E-state index contributed by atoms with van der Waals surface area (Å²) in [7, 11) is 0. The van der Waals surface area contributed by atoms with Gasteiger partial charge in [0.15, 0.2) is 0 Å². The highest BCUT2D eigenvalue weighted by molar-refractivity contribution is 9.10. The van der Waals surface area contributed by atoms with E-state index < -0.39 is 0 Å². The fourth-order valence-electron chi connectivity index (χ4n) is 3.00. The minimum absolute atomic E-state index is 0.0693. The van der Waals surface area contributed by atoms with Gasteiger partial charge in [0, 0.05) is 12.0 Å². The zero-order valence-corrected chi connectivity index (χ0v) is 12.7. The Hall–Kier alpha value is -0.410. The van der Waals surface area contributed by atoms with Crippen molar-refractivity contribution in [2.45, 2.75) is 50.9 Å². The highest BCUT2D eigenvalue weighted by Crippen LogP contribution is 2.42. The maximum absolute atomic E-state index is 14.1. The van der Waals surface area contributed by atoms with Gasteiger partial charge in [-0.05, 0) is 51.9 Å². The van der Waals surface area contributed by atoms with Crippen LogP contribution in [0.15, 0.2) is 16.6 Å². The minimum Gasteiger partial charge on any atom is -0.330 e. The predicted octanol–water partition coefficient (Wildman–Crippen LogP) is 4.48. The third-order valence-electron chi connectivity index (χ3n) is 4.24. The van der Waals surface area contributed by atoms with Gasteiger partial charge in [0.2, 0.25) is 0 Å². The van der Waals surface area contributed by atoms with E-state index in [1.54, 1.807) is 0 Å². The number of halogens is 2. The molecule has 0 atom stereocenters. The standard InChI is InChI=1S/C15H21BrFN/c1-10(2)12-7-11(8-13(16)14(12)17)15(9-18)5-3-4-6-15/h7-8,10H,3-6,9,18H2,1-2H3. The zero-order chi connectivity index (χ0) is 13.3. The molecule has 1 aliphatic rings. The van der Waals surface area contributed by atoms with Crippen LogP contribution in [0.25, 0.3) is 0 Å². The van der Waals surface area contributed by atoms with Crippen molar-refractivity contribution in [1.82, 2.24) is 0 Å². The van der Waals surface area contributed by atoms with Gasteiger partial charge in [-0.25, -0.2) is 4.39 Å². The van der Waals surface area contributed by atoms with Crippen LogP contribution in [0, 0.1) is 5.82 Å². The number of benzene rings is 1. The first-order valence-electron chi connectivity index (χ1n) is 6.69. The van der Waals surface area contributed by atoms with Gasteiger partial charge in [-0.1, -0.05) is 32.8 Å². The molecule has 0 radical (unpaired) electrons. The highest BCUT2D eigenvalue weighted by atomic mass is 79.9. The third-order valence-corrected chi connectivity index (χ3v) is 4.82. The molecule has 1 nitrogen and oxygen atoms in total. The van der Waals surface area contributed by atoms with Gasteiger partial charge < -0.3 is 5.73 Å². The van der Waals surface area contributed by atoms with Crippen LogP contribution in [0.4, 0.5) is 4.39 Å². The molecular formula is C15H21BrFN. The molecule has 1 fully saturated rings. The van der Waals surface area contributed by atoms with Crippen molar-refractivity contribution in [2.24, 2.45) is 5.73 Å². The summed E-state index contributed by atoms with van der Waals surface area (Å²) in [5.74, 6) is 0.0661. The number of rotatable bonds is 3. The Morgan fingerprint density at radius 1 is 1.33 bits per heavy atom. The topological polar surface area (TPSA) is 26.0 Å². The van der Waals surface area contributed by atoms with Crippen molar-refractivity contribution in [3.05, 3.63) is 33.5 Å². The molecule has 2 rings (SSSR count). The molecule has 1 saturated carbocycles. The molecule has 100 valence electrons. The second-order valence-corrected chi connectivity index (χ2v) is 6.56. The third kappa shape index (κ3) is 2.35. The molecule has 0 bridgehead atoms. The molecule has 1 aromatic carbocycles. The normalized spacial score (nSPS) is 18.6. The summed E-state index contributed by atoms with van der Waals surface area (Å²) in [6.45, 7) is 4.71. The maximum Gasteiger partial charge on any atom is 0.140 e. The first-order valence-corrected chi connectivity index (χ1v) is 7.49. The van der Waals surface area contributed by atoms with Crippen LogP contribution in [0.3, 0.4) is 0 Å². The largest absolute Gasteiger partial charge is 0.330 e. The Morgan fingerprint density at radius 2 is 1.94 bits per heavy atom. The second-order valence-electron chi connectivity index (χ2n) is 5.71. The van der Waals surface area contributed by atoms with Crippen molar-refractivity contribution >= 4 is 15.9 Å². The van der Waals surface area contributed by atoms with Crippen LogP contribution in [0.1, 0.15) is 56.6 Å². The molecule has 0 aliphatic heterocycles. The molecule has 0 amide bonds. The molecule has 0 heterocycles. The Balaban J connectivity index is 2.51. The summed E-state index contributed by atoms with van der Waals surface area (Å²) >= 11 is 3.35. The Kier molecular flexibility index (Phi) is 4.12. The number of hydrogen-bond donors (Lipinski definition) is 1. The molecular weight excluding hydrogens is 293 g/mol. The lowest BCUT2D eigenvalue weighted by Gasteiger charge is -2.29. The van der Waals surface area contributed by atoms with Gasteiger partial charge in [0.25, 0.3) is 0 Å². The van der Waals surface area contributed by atoms with E-state index in [4.69, 9.17) is 5.73 Å². The maximum atomic E-state index is 14.1. The van der Waals surface area contributed by atoms with E-state index in [0.717, 1.165) is 18.4 Å². The summed E-state index contributed by atoms with van der Waals surface area (Å²) in [5, 5.41) is 0. The molecule has 18 heavy (non-hydrogen) atoms. The van der Waals surface area contributed by atoms with E-state index in [0.29, 0.717) is 11.0 Å². The van der Waals surface area contributed by atoms with Crippen LogP contribution in [-0.4, -0.2) is 6.54 Å². The average molecular weight is 314 g/mol. The van der Waals surface area contributed by atoms with Gasteiger partial charge in [0.05, 0.1) is 4.47 Å². The molecule has 0 unspecified atom stereocenters. The Morgan fingerprint density at radius 3 is 2.44 bits per heavy atom. The minimum atomic E-state index is -0.126. The zero-order valence-electron chi connectivity index (χ0n) is 11.1. The van der Waals surface area contributed by atoms with Gasteiger partial charge in [-0.15, -0.1) is 0 Å². The molecule has 0 aromatic heterocycles. The molecule has 1 aliphatic carbocycles. The van der Waals surface area contributed by atoms with Gasteiger partial charge in [-0.2, -0.15) is 0 Å². The Bertz CT molecular complexity index is 436. The molecule has 3 heteroatoms. The summed E-state index contributed by atoms with van der Waals surface area (Å²) in [4.78, 5) is 0. The summed E-state index contributed by atoms with van der Waals surface area (Å²) < 4.78 is 14.6. The lowest BCUT2D eigenvalue weighted by atomic mass is 9.78. The fourth-order valence-corrected chi connectivity index (χ4v) is 3.47. The van der Waals surface area contributed by atoms with Crippen LogP contribution in [-0.2, 0) is 5.41 Å². The lowest BCUT2D eigenvalue weighted by molar-refractivity contribution is 0.450. The van der Waals surface area contributed by atoms with Crippen molar-refractivity contribution in [1.29, 1.82) is 0 Å². The van der Waals surface area contributed by atoms with E-state index in [9.17, 15) is 4.39 Å². The van der Waals surface area contributed by atoms with Crippen molar-refractivity contribution in [2.75, 3.05) is 6.54 Å². The predicted molar refractivity (Wildman–Crippen MR) is 77.4 cm³/mol. The van der Waals surface area contributed by atoms with E-state index in [-0.39, 0.29) is 17.2 Å². The van der Waals surface area contributed by atoms with Crippen molar-refractivity contribution in [3.63, 3.8) is 0 Å². The second kappa shape index (κ2) is 5.30. The number of hydrogen-bond acceptors (Lipinski definition) is 1. The highest BCUT2D eigenvalue weighted by Gasteiger charge is 2.35. The fraction of sp³-hybridized carbons (Fsp3) is 0.600. The number of nitrogens with two attached hydrogens (primary N) is 1. The Labute approximate surface area is 117 Å². The summed E-state index contributed by atoms with van der Waals surface area (Å²) in [6.07, 6.45) is 4.70. The van der Waals surface area contributed by atoms with E-state index in [2.05, 4.69) is 15.9 Å². The first-order chi connectivity index (χ1) is 8.50. The van der Waals surface area contributed by atoms with Gasteiger partial charge in [0.1, 0.15) is 5.82 Å². The van der Waals surface area contributed by atoms with Crippen LogP contribution < -0.4 is 5.73 Å². The van der Waals surface area contributed by atoms with Crippen molar-refractivity contribution in [3.8, 4) is 0 Å². The van der Waals surface area contributed by atoms with E-state index in [1.807, 2.05) is 26.0 Å². The SMILES string of the molecule is CC(C)c1cc(C2(CN)CCCC2)cc(Br)c1F. The summed E-state index contributed by atoms with van der Waals surface area (Å²) in [6, 6.07) is 3.96. The molecule has 0 spiro atoms. The van der Waals surface area contributed by atoms with E-state index in [1.165, 1.54) is 18.4 Å². The van der Waals surface area contributed by atoms with Gasteiger partial charge >= 0.3 is 0 Å². The van der Waals surface area contributed by atoms with Crippen LogP contribution >= 0.6 is 15.9 Å². The van der Waals surface area contributed by atoms with Gasteiger partial charge in [-0.3, -0.25) is 0 Å². The summed E-state index contributed by atoms with van der Waals surface area (Å²) in [5.41, 5.74) is 8.07. The molecule has 0 saturated heterocycles. The van der Waals surface area contributed by atoms with Crippen LogP contribution in [0.5, 0.6) is 0 Å².